The van der Waals surface area contributed by atoms with Gasteiger partial charge in [0.05, 0.1) is 11.9 Å². The van der Waals surface area contributed by atoms with Crippen molar-refractivity contribution in [2.75, 3.05) is 11.9 Å². The normalized spacial score (nSPS) is 10.5. The van der Waals surface area contributed by atoms with E-state index < -0.39 is 0 Å². The van der Waals surface area contributed by atoms with Crippen LogP contribution < -0.4 is 10.6 Å². The van der Waals surface area contributed by atoms with E-state index in [2.05, 4.69) is 29.5 Å². The van der Waals surface area contributed by atoms with Crippen molar-refractivity contribution in [3.63, 3.8) is 0 Å². The van der Waals surface area contributed by atoms with E-state index in [0.29, 0.717) is 19.0 Å². The number of hydrogen-bond acceptors (Lipinski definition) is 3. The van der Waals surface area contributed by atoms with Crippen molar-refractivity contribution in [1.29, 1.82) is 0 Å². The Bertz CT molecular complexity index is 350. The second kappa shape index (κ2) is 6.23. The molecule has 0 aliphatic rings. The fourth-order valence-corrected chi connectivity index (χ4v) is 1.32. The van der Waals surface area contributed by atoms with E-state index in [1.54, 1.807) is 12.4 Å². The minimum atomic E-state index is 0.0144. The highest BCUT2D eigenvalue weighted by molar-refractivity contribution is 5.90. The molecule has 0 saturated heterocycles. The van der Waals surface area contributed by atoms with Crippen molar-refractivity contribution >= 4 is 11.6 Å². The van der Waals surface area contributed by atoms with Gasteiger partial charge in [-0.05, 0) is 18.6 Å². The molecule has 0 unspecified atom stereocenters. The lowest BCUT2D eigenvalue weighted by atomic mass is 10.3. The minimum absolute atomic E-state index is 0.0144. The summed E-state index contributed by atoms with van der Waals surface area (Å²) in [7, 11) is 0. The number of aryl methyl sites for hydroxylation is 1. The van der Waals surface area contributed by atoms with Gasteiger partial charge in [0, 0.05) is 25.2 Å². The first-order chi connectivity index (χ1) is 7.58. The summed E-state index contributed by atoms with van der Waals surface area (Å²) in [6.45, 7) is 6.76. The van der Waals surface area contributed by atoms with Gasteiger partial charge in [0.2, 0.25) is 5.91 Å². The van der Waals surface area contributed by atoms with Gasteiger partial charge in [0.15, 0.2) is 0 Å². The maximum absolute atomic E-state index is 11.5. The molecule has 0 aliphatic carbocycles. The van der Waals surface area contributed by atoms with Crippen LogP contribution >= 0.6 is 0 Å². The first kappa shape index (κ1) is 12.6. The van der Waals surface area contributed by atoms with Crippen molar-refractivity contribution in [3.8, 4) is 0 Å². The van der Waals surface area contributed by atoms with Crippen LogP contribution in [0.4, 0.5) is 5.69 Å². The molecule has 0 radical (unpaired) electrons. The average molecular weight is 221 g/mol. The molecule has 1 aromatic heterocycles. The molecule has 0 spiro atoms. The highest BCUT2D eigenvalue weighted by Crippen LogP contribution is 2.07. The molecule has 0 aromatic carbocycles. The van der Waals surface area contributed by atoms with Gasteiger partial charge in [-0.25, -0.2) is 0 Å². The predicted molar refractivity (Wildman–Crippen MR) is 65.4 cm³/mol. The number of rotatable bonds is 5. The topological polar surface area (TPSA) is 54.0 Å². The third-order valence-corrected chi connectivity index (χ3v) is 2.06. The molecule has 4 nitrogen and oxygen atoms in total. The number of nitrogens with one attached hydrogen (secondary N) is 2. The lowest BCUT2D eigenvalue weighted by Gasteiger charge is -2.08. The summed E-state index contributed by atoms with van der Waals surface area (Å²) in [6.07, 6.45) is 3.89. The number of carbonyl (C=O) groups excluding carboxylic acids is 1. The van der Waals surface area contributed by atoms with Crippen LogP contribution in [-0.2, 0) is 4.79 Å². The molecule has 88 valence electrons. The number of hydrogen-bond donors (Lipinski definition) is 2. The largest absolute Gasteiger partial charge is 0.325 e. The number of nitrogens with zero attached hydrogens (tertiary/aromatic N) is 1. The molecule has 1 aromatic rings. The quantitative estimate of drug-likeness (QED) is 0.796. The lowest BCUT2D eigenvalue weighted by Crippen LogP contribution is -2.27. The molecule has 2 N–H and O–H groups in total. The van der Waals surface area contributed by atoms with Crippen molar-refractivity contribution in [1.82, 2.24) is 10.3 Å². The zero-order valence-corrected chi connectivity index (χ0v) is 10.1. The summed E-state index contributed by atoms with van der Waals surface area (Å²) < 4.78 is 0. The van der Waals surface area contributed by atoms with Crippen LogP contribution in [0.5, 0.6) is 0 Å². The molecule has 0 saturated carbocycles. The van der Waals surface area contributed by atoms with Crippen LogP contribution in [0.25, 0.3) is 0 Å². The molecular weight excluding hydrogens is 202 g/mol. The van der Waals surface area contributed by atoms with E-state index in [9.17, 15) is 4.79 Å². The van der Waals surface area contributed by atoms with Crippen LogP contribution in [0.15, 0.2) is 18.5 Å². The van der Waals surface area contributed by atoms with Crippen LogP contribution in [0.1, 0.15) is 25.8 Å². The van der Waals surface area contributed by atoms with Gasteiger partial charge in [-0.15, -0.1) is 0 Å². The molecule has 4 heteroatoms. The fourth-order valence-electron chi connectivity index (χ4n) is 1.32. The number of aromatic nitrogens is 1. The van der Waals surface area contributed by atoms with E-state index >= 15 is 0 Å². The first-order valence-corrected chi connectivity index (χ1v) is 5.53. The minimum Gasteiger partial charge on any atom is -0.325 e. The Balaban J connectivity index is 2.34. The second-order valence-corrected chi connectivity index (χ2v) is 4.16. The zero-order chi connectivity index (χ0) is 12.0. The SMILES string of the molecule is Cc1cncc(NC(=O)CCNC(C)C)c1. The Morgan fingerprint density at radius 2 is 2.19 bits per heavy atom. The summed E-state index contributed by atoms with van der Waals surface area (Å²) in [4.78, 5) is 15.5. The van der Waals surface area contributed by atoms with E-state index in [1.165, 1.54) is 0 Å². The maximum Gasteiger partial charge on any atom is 0.225 e. The molecule has 0 fully saturated rings. The van der Waals surface area contributed by atoms with E-state index in [1.807, 2.05) is 13.0 Å². The monoisotopic (exact) mass is 221 g/mol. The number of carbonyl (C=O) groups is 1. The summed E-state index contributed by atoms with van der Waals surface area (Å²) in [6, 6.07) is 2.31. The predicted octanol–water partition coefficient (Wildman–Crippen LogP) is 1.72. The number of anilines is 1. The van der Waals surface area contributed by atoms with Crippen LogP contribution in [0.2, 0.25) is 0 Å². The van der Waals surface area contributed by atoms with Gasteiger partial charge in [-0.3, -0.25) is 9.78 Å². The van der Waals surface area contributed by atoms with E-state index in [4.69, 9.17) is 0 Å². The molecule has 1 rings (SSSR count). The third-order valence-electron chi connectivity index (χ3n) is 2.06. The first-order valence-electron chi connectivity index (χ1n) is 5.53. The summed E-state index contributed by atoms with van der Waals surface area (Å²) in [5.74, 6) is 0.0144. The van der Waals surface area contributed by atoms with Gasteiger partial charge in [-0.2, -0.15) is 0 Å². The van der Waals surface area contributed by atoms with Gasteiger partial charge >= 0.3 is 0 Å². The highest BCUT2D eigenvalue weighted by Gasteiger charge is 2.02. The van der Waals surface area contributed by atoms with E-state index in [0.717, 1.165) is 11.3 Å². The molecule has 0 bridgehead atoms. The third kappa shape index (κ3) is 4.89. The number of pyridine rings is 1. The Morgan fingerprint density at radius 3 is 2.81 bits per heavy atom. The Labute approximate surface area is 96.5 Å². The van der Waals surface area contributed by atoms with Crippen LogP contribution in [0, 0.1) is 6.92 Å². The summed E-state index contributed by atoms with van der Waals surface area (Å²) in [5.41, 5.74) is 1.80. The van der Waals surface area contributed by atoms with Crippen molar-refractivity contribution in [2.45, 2.75) is 33.2 Å². The van der Waals surface area contributed by atoms with Gasteiger partial charge in [-0.1, -0.05) is 13.8 Å². The number of amides is 1. The Hall–Kier alpha value is -1.42. The maximum atomic E-state index is 11.5. The Kier molecular flexibility index (Phi) is 4.92. The molecule has 1 amide bonds. The molecular formula is C12H19N3O. The highest BCUT2D eigenvalue weighted by atomic mass is 16.1. The van der Waals surface area contributed by atoms with Crippen LogP contribution in [0.3, 0.4) is 0 Å². The smallest absolute Gasteiger partial charge is 0.225 e. The summed E-state index contributed by atoms with van der Waals surface area (Å²) in [5, 5.41) is 6.01. The standard InChI is InChI=1S/C12H19N3O/c1-9(2)14-5-4-12(16)15-11-6-10(3)7-13-8-11/h6-9,14H,4-5H2,1-3H3,(H,15,16). The van der Waals surface area contributed by atoms with Gasteiger partial charge < -0.3 is 10.6 Å². The molecule has 16 heavy (non-hydrogen) atoms. The lowest BCUT2D eigenvalue weighted by molar-refractivity contribution is -0.116. The van der Waals surface area contributed by atoms with Gasteiger partial charge in [0.25, 0.3) is 0 Å². The van der Waals surface area contributed by atoms with Crippen LogP contribution in [-0.4, -0.2) is 23.5 Å². The molecule has 0 aliphatic heterocycles. The van der Waals surface area contributed by atoms with Gasteiger partial charge in [0.1, 0.15) is 0 Å². The summed E-state index contributed by atoms with van der Waals surface area (Å²) >= 11 is 0. The average Bonchev–Trinajstić information content (AvgIpc) is 2.16. The fraction of sp³-hybridized carbons (Fsp3) is 0.500. The zero-order valence-electron chi connectivity index (χ0n) is 10.1. The van der Waals surface area contributed by atoms with E-state index in [-0.39, 0.29) is 5.91 Å². The molecule has 1 heterocycles. The van der Waals surface area contributed by atoms with Crippen molar-refractivity contribution in [3.05, 3.63) is 24.0 Å². The van der Waals surface area contributed by atoms with Crippen molar-refractivity contribution in [2.24, 2.45) is 0 Å². The molecule has 0 atom stereocenters. The van der Waals surface area contributed by atoms with Crippen molar-refractivity contribution < 1.29 is 4.79 Å². The Morgan fingerprint density at radius 1 is 1.44 bits per heavy atom. The second-order valence-electron chi connectivity index (χ2n) is 4.16.